The number of aromatic nitrogens is 3. The number of hydrogen-bond donors (Lipinski definition) is 0. The van der Waals surface area contributed by atoms with Crippen molar-refractivity contribution in [1.82, 2.24) is 24.8 Å². The first-order chi connectivity index (χ1) is 24.6. The van der Waals surface area contributed by atoms with Crippen LogP contribution in [0.2, 0.25) is 5.02 Å². The van der Waals surface area contributed by atoms with E-state index in [4.69, 9.17) is 30.5 Å². The van der Waals surface area contributed by atoms with Gasteiger partial charge in [0.25, 0.3) is 6.43 Å². The topological polar surface area (TPSA) is 125 Å². The van der Waals surface area contributed by atoms with Crippen molar-refractivity contribution in [1.29, 1.82) is 0 Å². The number of methoxy groups -OCH3 is 2. The highest BCUT2D eigenvalue weighted by molar-refractivity contribution is 6.31. The van der Waals surface area contributed by atoms with Crippen molar-refractivity contribution in [3.63, 3.8) is 0 Å². The Bertz CT molecular complexity index is 1770. The summed E-state index contributed by atoms with van der Waals surface area (Å²) >= 11 is 6.74. The van der Waals surface area contributed by atoms with Crippen molar-refractivity contribution >= 4 is 29.4 Å². The number of halogens is 3. The summed E-state index contributed by atoms with van der Waals surface area (Å²) in [5, 5.41) is 8.10. The lowest BCUT2D eigenvalue weighted by Gasteiger charge is -2.43. The zero-order valence-electron chi connectivity index (χ0n) is 28.9. The monoisotopic (exact) mass is 729 g/mol. The highest BCUT2D eigenvalue weighted by Crippen LogP contribution is 2.44. The molecule has 2 amide bonds. The minimum atomic E-state index is -2.81. The van der Waals surface area contributed by atoms with E-state index in [-0.39, 0.29) is 43.0 Å². The third-order valence-electron chi connectivity index (χ3n) is 10.2. The standard InChI is InChI=1S/C36H42ClF2N5O7/c1-42-33(34(38)39)27(40-41-42)20-50-29-13-12-26(37)25-14-16-44(28(32(25)29)18-43-15-6-9-31(43)45)35(46)23-7-4-5-8-24(23)36(47)51-19-21-10-11-22(48-2)17-30(21)49-3/h10-13,17,23-24,28,34H,4-9,14-16,18-20H2,1-3H3/t23-,24+,28-/m1/s1. The van der Waals surface area contributed by atoms with Gasteiger partial charge >= 0.3 is 5.97 Å². The van der Waals surface area contributed by atoms with Gasteiger partial charge in [-0.15, -0.1) is 5.10 Å². The zero-order valence-corrected chi connectivity index (χ0v) is 29.7. The SMILES string of the molecule is COc1ccc(COC(=O)[C@H]2CCCC[C@H]2C(=O)N2CCc3c(Cl)ccc(OCc4nnn(C)c4C(F)F)c3[C@H]2CN2CCCC2=O)c(OC)c1. The highest BCUT2D eigenvalue weighted by Gasteiger charge is 2.44. The summed E-state index contributed by atoms with van der Waals surface area (Å²) < 4.78 is 51.3. The molecule has 274 valence electrons. The number of aryl methyl sites for hydroxylation is 1. The number of carbonyl (C=O) groups is 3. The van der Waals surface area contributed by atoms with Crippen LogP contribution in [0.1, 0.15) is 79.1 Å². The van der Waals surface area contributed by atoms with Crippen LogP contribution in [0.4, 0.5) is 8.78 Å². The molecule has 2 aromatic carbocycles. The summed E-state index contributed by atoms with van der Waals surface area (Å²) in [7, 11) is 4.47. The molecule has 1 saturated carbocycles. The van der Waals surface area contributed by atoms with Crippen LogP contribution in [0.15, 0.2) is 30.3 Å². The van der Waals surface area contributed by atoms with Crippen molar-refractivity contribution < 1.29 is 42.1 Å². The van der Waals surface area contributed by atoms with Gasteiger partial charge in [0.1, 0.15) is 41.9 Å². The molecule has 15 heteroatoms. The number of likely N-dealkylation sites (tertiary alicyclic amines) is 1. The molecule has 1 aliphatic carbocycles. The van der Waals surface area contributed by atoms with Gasteiger partial charge in [0.05, 0.1) is 32.1 Å². The second-order valence-corrected chi connectivity index (χ2v) is 13.5. The van der Waals surface area contributed by atoms with Gasteiger partial charge in [0.15, 0.2) is 0 Å². The van der Waals surface area contributed by atoms with Crippen molar-refractivity contribution in [3.8, 4) is 17.2 Å². The van der Waals surface area contributed by atoms with E-state index in [0.717, 1.165) is 23.1 Å². The molecule has 3 aliphatic rings. The fourth-order valence-electron chi connectivity index (χ4n) is 7.54. The zero-order chi connectivity index (χ0) is 36.2. The van der Waals surface area contributed by atoms with Crippen LogP contribution in [0.5, 0.6) is 17.2 Å². The Morgan fingerprint density at radius 1 is 0.980 bits per heavy atom. The minimum Gasteiger partial charge on any atom is -0.497 e. The van der Waals surface area contributed by atoms with E-state index in [9.17, 15) is 23.2 Å². The fraction of sp³-hybridized carbons (Fsp3) is 0.528. The summed E-state index contributed by atoms with van der Waals surface area (Å²) in [5.41, 5.74) is 1.68. The smallest absolute Gasteiger partial charge is 0.310 e. The van der Waals surface area contributed by atoms with Crippen LogP contribution in [0, 0.1) is 11.8 Å². The minimum absolute atomic E-state index is 0.0120. The molecular formula is C36H42ClF2N5O7. The van der Waals surface area contributed by atoms with E-state index in [1.807, 2.05) is 0 Å². The molecule has 0 radical (unpaired) electrons. The lowest BCUT2D eigenvalue weighted by molar-refractivity contribution is -0.159. The van der Waals surface area contributed by atoms with Gasteiger partial charge in [-0.2, -0.15) is 0 Å². The summed E-state index contributed by atoms with van der Waals surface area (Å²) in [6.45, 7) is 0.719. The average molecular weight is 730 g/mol. The second-order valence-electron chi connectivity index (χ2n) is 13.1. The lowest BCUT2D eigenvalue weighted by atomic mass is 9.77. The number of nitrogens with zero attached hydrogens (tertiary/aromatic N) is 5. The van der Waals surface area contributed by atoms with E-state index >= 15 is 0 Å². The van der Waals surface area contributed by atoms with Gasteiger partial charge in [-0.25, -0.2) is 13.5 Å². The first kappa shape index (κ1) is 36.3. The number of benzene rings is 2. The molecule has 1 saturated heterocycles. The van der Waals surface area contributed by atoms with Gasteiger partial charge < -0.3 is 28.7 Å². The molecule has 3 aromatic rings. The van der Waals surface area contributed by atoms with E-state index in [1.54, 1.807) is 47.2 Å². The maximum Gasteiger partial charge on any atom is 0.310 e. The number of carbonyl (C=O) groups excluding carboxylic acids is 3. The summed E-state index contributed by atoms with van der Waals surface area (Å²) in [6, 6.07) is 7.92. The van der Waals surface area contributed by atoms with Gasteiger partial charge in [-0.1, -0.05) is 29.7 Å². The lowest BCUT2D eigenvalue weighted by Crippen LogP contribution is -2.50. The first-order valence-electron chi connectivity index (χ1n) is 17.2. The predicted molar refractivity (Wildman–Crippen MR) is 181 cm³/mol. The quantitative estimate of drug-likeness (QED) is 0.219. The van der Waals surface area contributed by atoms with Crippen molar-refractivity contribution in [3.05, 3.63) is 63.4 Å². The predicted octanol–water partition coefficient (Wildman–Crippen LogP) is 5.60. The summed E-state index contributed by atoms with van der Waals surface area (Å²) in [5.74, 6) is -0.512. The van der Waals surface area contributed by atoms with Crippen LogP contribution in [-0.4, -0.2) is 76.4 Å². The maximum absolute atomic E-state index is 14.7. The molecule has 3 atom stereocenters. The number of amides is 2. The average Bonchev–Trinajstić information content (AvgIpc) is 3.73. The summed E-state index contributed by atoms with van der Waals surface area (Å²) in [6.07, 6.45) is 1.25. The molecule has 3 heterocycles. The Morgan fingerprint density at radius 2 is 1.76 bits per heavy atom. The fourth-order valence-corrected chi connectivity index (χ4v) is 7.80. The Labute approximate surface area is 299 Å². The molecule has 6 rings (SSSR count). The molecule has 2 aliphatic heterocycles. The Balaban J connectivity index is 1.28. The second kappa shape index (κ2) is 15.8. The molecule has 0 bridgehead atoms. The molecule has 12 nitrogen and oxygen atoms in total. The normalized spacial score (nSPS) is 20.4. The molecule has 2 fully saturated rings. The van der Waals surface area contributed by atoms with Crippen molar-refractivity contribution in [2.24, 2.45) is 18.9 Å². The molecule has 51 heavy (non-hydrogen) atoms. The van der Waals surface area contributed by atoms with Crippen molar-refractivity contribution in [2.75, 3.05) is 33.9 Å². The number of alkyl halides is 2. The van der Waals surface area contributed by atoms with E-state index in [1.165, 1.54) is 14.2 Å². The number of rotatable bonds is 12. The van der Waals surface area contributed by atoms with E-state index in [2.05, 4.69) is 10.3 Å². The maximum atomic E-state index is 14.7. The van der Waals surface area contributed by atoms with Gasteiger partial charge in [0.2, 0.25) is 11.8 Å². The van der Waals surface area contributed by atoms with Crippen molar-refractivity contribution in [2.45, 2.75) is 70.6 Å². The van der Waals surface area contributed by atoms with E-state index < -0.39 is 30.3 Å². The third-order valence-corrected chi connectivity index (χ3v) is 10.5. The number of fused-ring (bicyclic) bond motifs is 1. The summed E-state index contributed by atoms with van der Waals surface area (Å²) in [4.78, 5) is 44.8. The van der Waals surface area contributed by atoms with Gasteiger partial charge in [-0.3, -0.25) is 14.4 Å². The number of esters is 1. The van der Waals surface area contributed by atoms with Crippen LogP contribution in [0.3, 0.4) is 0 Å². The number of hydrogen-bond acceptors (Lipinski definition) is 9. The van der Waals surface area contributed by atoms with E-state index in [0.29, 0.717) is 78.6 Å². The highest BCUT2D eigenvalue weighted by atomic mass is 35.5. The largest absolute Gasteiger partial charge is 0.497 e. The van der Waals surface area contributed by atoms with Crippen LogP contribution in [0.25, 0.3) is 0 Å². The number of ether oxygens (including phenoxy) is 4. The Kier molecular flexibility index (Phi) is 11.3. The first-order valence-corrected chi connectivity index (χ1v) is 17.6. The molecule has 0 N–H and O–H groups in total. The Hall–Kier alpha value is -4.46. The van der Waals surface area contributed by atoms with Gasteiger partial charge in [0, 0.05) is 55.3 Å². The third kappa shape index (κ3) is 7.61. The molecule has 1 aromatic heterocycles. The van der Waals surface area contributed by atoms with Crippen LogP contribution in [-0.2, 0) is 45.8 Å². The molecular weight excluding hydrogens is 688 g/mol. The molecule has 0 unspecified atom stereocenters. The molecule has 0 spiro atoms. The Morgan fingerprint density at radius 3 is 2.47 bits per heavy atom. The van der Waals surface area contributed by atoms with Crippen LogP contribution >= 0.6 is 11.6 Å². The van der Waals surface area contributed by atoms with Gasteiger partial charge in [-0.05, 0) is 55.5 Å². The van der Waals surface area contributed by atoms with Crippen LogP contribution < -0.4 is 14.2 Å².